The van der Waals surface area contributed by atoms with Gasteiger partial charge in [0.2, 0.25) is 0 Å². The molecule has 88 valence electrons. The molecule has 0 spiro atoms. The third-order valence-corrected chi connectivity index (χ3v) is 2.89. The molecule has 0 saturated heterocycles. The summed E-state index contributed by atoms with van der Waals surface area (Å²) in [6.07, 6.45) is 9.07. The highest BCUT2D eigenvalue weighted by atomic mass is 16.2. The molecule has 0 fully saturated rings. The molecule has 1 aromatic rings. The molecule has 0 N–H and O–H groups in total. The van der Waals surface area contributed by atoms with Gasteiger partial charge in [-0.05, 0) is 30.7 Å². The van der Waals surface area contributed by atoms with E-state index in [-0.39, 0.29) is 5.91 Å². The van der Waals surface area contributed by atoms with Crippen LogP contribution >= 0.6 is 0 Å². The van der Waals surface area contributed by atoms with E-state index in [1.165, 1.54) is 5.56 Å². The van der Waals surface area contributed by atoms with Crippen LogP contribution in [0.2, 0.25) is 0 Å². The van der Waals surface area contributed by atoms with Crippen molar-refractivity contribution >= 4 is 17.8 Å². The van der Waals surface area contributed by atoms with Crippen LogP contribution in [0, 0.1) is 6.92 Å². The van der Waals surface area contributed by atoms with E-state index in [0.717, 1.165) is 5.56 Å². The Morgan fingerprint density at radius 2 is 1.94 bits per heavy atom. The van der Waals surface area contributed by atoms with Gasteiger partial charge >= 0.3 is 0 Å². The number of hydrogen-bond donors (Lipinski definition) is 0. The van der Waals surface area contributed by atoms with E-state index in [0.29, 0.717) is 11.5 Å². The summed E-state index contributed by atoms with van der Waals surface area (Å²) in [5.74, 6) is 0.604. The number of amidine groups is 1. The smallest absolute Gasteiger partial charge is 0.266 e. The van der Waals surface area contributed by atoms with Gasteiger partial charge < -0.3 is 0 Å². The van der Waals surface area contributed by atoms with Crippen LogP contribution in [0.25, 0.3) is 6.08 Å². The maximum Gasteiger partial charge on any atom is 0.282 e. The average molecular weight is 236 g/mol. The number of benzene rings is 1. The van der Waals surface area contributed by atoms with Crippen molar-refractivity contribution in [1.29, 1.82) is 0 Å². The highest BCUT2D eigenvalue weighted by Crippen LogP contribution is 2.21. The predicted octanol–water partition coefficient (Wildman–Crippen LogP) is 2.66. The van der Waals surface area contributed by atoms with Crippen molar-refractivity contribution in [2.45, 2.75) is 6.92 Å². The Morgan fingerprint density at radius 1 is 1.17 bits per heavy atom. The third-order valence-electron chi connectivity index (χ3n) is 2.89. The van der Waals surface area contributed by atoms with Crippen LogP contribution in [-0.4, -0.2) is 16.6 Å². The van der Waals surface area contributed by atoms with E-state index in [1.807, 2.05) is 55.5 Å². The Morgan fingerprint density at radius 3 is 2.67 bits per heavy atom. The summed E-state index contributed by atoms with van der Waals surface area (Å²) < 4.78 is 0. The Labute approximate surface area is 105 Å². The first-order chi connectivity index (χ1) is 8.74. The molecular weight excluding hydrogens is 224 g/mol. The normalized spacial score (nSPS) is 19.4. The molecule has 0 atom stereocenters. The van der Waals surface area contributed by atoms with E-state index < -0.39 is 0 Å². The highest BCUT2D eigenvalue weighted by Gasteiger charge is 2.27. The van der Waals surface area contributed by atoms with Gasteiger partial charge in [-0.2, -0.15) is 0 Å². The SMILES string of the molecule is Cc1ccc(/C=C2/N=C3C=CC=CN3C2=O)cc1. The zero-order valence-corrected chi connectivity index (χ0v) is 10.00. The largest absolute Gasteiger partial charge is 0.282 e. The molecule has 2 aliphatic heterocycles. The number of nitrogens with zero attached hydrogens (tertiary/aromatic N) is 2. The number of amides is 1. The zero-order valence-electron chi connectivity index (χ0n) is 10.00. The van der Waals surface area contributed by atoms with Gasteiger partial charge in [0.25, 0.3) is 5.91 Å². The Hall–Kier alpha value is -2.42. The molecule has 0 radical (unpaired) electrons. The van der Waals surface area contributed by atoms with Crippen molar-refractivity contribution in [3.05, 3.63) is 65.5 Å². The van der Waals surface area contributed by atoms with Crippen LogP contribution in [0.3, 0.4) is 0 Å². The zero-order chi connectivity index (χ0) is 12.5. The molecule has 0 unspecified atom stereocenters. The van der Waals surface area contributed by atoms with Crippen LogP contribution in [0.4, 0.5) is 0 Å². The lowest BCUT2D eigenvalue weighted by atomic mass is 10.1. The fraction of sp³-hybridized carbons (Fsp3) is 0.0667. The van der Waals surface area contributed by atoms with Gasteiger partial charge in [0, 0.05) is 6.20 Å². The van der Waals surface area contributed by atoms with Crippen molar-refractivity contribution in [2.24, 2.45) is 4.99 Å². The molecule has 18 heavy (non-hydrogen) atoms. The second-order valence-electron chi connectivity index (χ2n) is 4.29. The van der Waals surface area contributed by atoms with Crippen molar-refractivity contribution in [3.63, 3.8) is 0 Å². The summed E-state index contributed by atoms with van der Waals surface area (Å²) in [6, 6.07) is 8.01. The Kier molecular flexibility index (Phi) is 2.45. The minimum absolute atomic E-state index is 0.0776. The van der Waals surface area contributed by atoms with Gasteiger partial charge in [-0.15, -0.1) is 0 Å². The fourth-order valence-electron chi connectivity index (χ4n) is 1.91. The molecule has 0 aromatic heterocycles. The molecule has 0 aliphatic carbocycles. The number of aliphatic imine (C=N–C) groups is 1. The number of hydrogen-bond acceptors (Lipinski definition) is 2. The van der Waals surface area contributed by atoms with Gasteiger partial charge in [-0.25, -0.2) is 4.99 Å². The highest BCUT2D eigenvalue weighted by molar-refractivity contribution is 6.18. The van der Waals surface area contributed by atoms with E-state index in [9.17, 15) is 4.79 Å². The number of allylic oxidation sites excluding steroid dienone is 2. The third kappa shape index (κ3) is 1.80. The maximum atomic E-state index is 12.1. The van der Waals surface area contributed by atoms with E-state index in [2.05, 4.69) is 4.99 Å². The summed E-state index contributed by atoms with van der Waals surface area (Å²) in [5.41, 5.74) is 2.66. The molecule has 3 nitrogen and oxygen atoms in total. The van der Waals surface area contributed by atoms with Gasteiger partial charge in [0.05, 0.1) is 0 Å². The second kappa shape index (κ2) is 4.11. The van der Waals surface area contributed by atoms with E-state index in [4.69, 9.17) is 0 Å². The summed E-state index contributed by atoms with van der Waals surface area (Å²) in [6.45, 7) is 2.04. The second-order valence-corrected chi connectivity index (χ2v) is 4.29. The maximum absolute atomic E-state index is 12.1. The lowest BCUT2D eigenvalue weighted by molar-refractivity contribution is -0.120. The van der Waals surface area contributed by atoms with Crippen molar-refractivity contribution < 1.29 is 4.79 Å². The number of carbonyl (C=O) groups is 1. The van der Waals surface area contributed by atoms with Crippen molar-refractivity contribution in [2.75, 3.05) is 0 Å². The van der Waals surface area contributed by atoms with Gasteiger partial charge in [-0.1, -0.05) is 35.9 Å². The molecule has 2 heterocycles. The van der Waals surface area contributed by atoms with Crippen molar-refractivity contribution in [1.82, 2.24) is 4.90 Å². The monoisotopic (exact) mass is 236 g/mol. The Bertz CT molecular complexity index is 618. The van der Waals surface area contributed by atoms with Crippen LogP contribution in [-0.2, 0) is 4.79 Å². The van der Waals surface area contributed by atoms with Gasteiger partial charge in [0.1, 0.15) is 11.5 Å². The molecule has 1 amide bonds. The van der Waals surface area contributed by atoms with Gasteiger partial charge in [-0.3, -0.25) is 9.69 Å². The lowest BCUT2D eigenvalue weighted by Gasteiger charge is -2.11. The minimum Gasteiger partial charge on any atom is -0.266 e. The topological polar surface area (TPSA) is 32.7 Å². The first-order valence-corrected chi connectivity index (χ1v) is 5.79. The number of aryl methyl sites for hydroxylation is 1. The first-order valence-electron chi connectivity index (χ1n) is 5.79. The number of carbonyl (C=O) groups excluding carboxylic acids is 1. The summed E-state index contributed by atoms with van der Waals surface area (Å²) in [7, 11) is 0. The van der Waals surface area contributed by atoms with Crippen LogP contribution in [0.5, 0.6) is 0 Å². The molecule has 0 saturated carbocycles. The first kappa shape index (κ1) is 10.7. The molecule has 2 aliphatic rings. The predicted molar refractivity (Wildman–Crippen MR) is 71.7 cm³/mol. The standard InChI is InChI=1S/C15H12N2O/c1-11-5-7-12(8-6-11)10-13-15(18)17-9-3-2-4-14(17)16-13/h2-10H,1H3/b13-10+. The quantitative estimate of drug-likeness (QED) is 0.690. The number of rotatable bonds is 1. The summed E-state index contributed by atoms with van der Waals surface area (Å²) in [5, 5.41) is 0. The molecule has 0 bridgehead atoms. The van der Waals surface area contributed by atoms with E-state index >= 15 is 0 Å². The fourth-order valence-corrected chi connectivity index (χ4v) is 1.91. The lowest BCUT2D eigenvalue weighted by Crippen LogP contribution is -2.26. The van der Waals surface area contributed by atoms with Crippen LogP contribution in [0.15, 0.2) is 59.4 Å². The molecule has 3 heteroatoms. The molecule has 3 rings (SSSR count). The average Bonchev–Trinajstić information content (AvgIpc) is 2.70. The summed E-state index contributed by atoms with van der Waals surface area (Å²) in [4.78, 5) is 17.9. The van der Waals surface area contributed by atoms with Crippen molar-refractivity contribution in [3.8, 4) is 0 Å². The molecular formula is C15H12N2O. The van der Waals surface area contributed by atoms with E-state index in [1.54, 1.807) is 11.1 Å². The number of fused-ring (bicyclic) bond motifs is 1. The van der Waals surface area contributed by atoms with Crippen LogP contribution < -0.4 is 0 Å². The van der Waals surface area contributed by atoms with Crippen LogP contribution in [0.1, 0.15) is 11.1 Å². The van der Waals surface area contributed by atoms with Gasteiger partial charge in [0.15, 0.2) is 0 Å². The summed E-state index contributed by atoms with van der Waals surface area (Å²) >= 11 is 0. The minimum atomic E-state index is -0.0776. The molecule has 1 aromatic carbocycles. The Balaban J connectivity index is 1.96.